The average Bonchev–Trinajstić information content (AvgIpc) is 2.35. The van der Waals surface area contributed by atoms with Crippen LogP contribution in [0.4, 0.5) is 26.3 Å². The van der Waals surface area contributed by atoms with Crippen molar-refractivity contribution in [1.82, 2.24) is 0 Å². The number of nitrogens with zero attached hydrogens (tertiary/aromatic N) is 1. The van der Waals surface area contributed by atoms with Crippen LogP contribution in [0.2, 0.25) is 0 Å². The normalized spacial score (nSPS) is 11.7. The number of benzene rings is 1. The lowest BCUT2D eigenvalue weighted by molar-refractivity contribution is -0.274. The molecule has 22 heavy (non-hydrogen) atoms. The number of ether oxygens (including phenoxy) is 2. The van der Waals surface area contributed by atoms with Crippen molar-refractivity contribution >= 4 is 5.97 Å². The minimum atomic E-state index is -5.26. The van der Waals surface area contributed by atoms with Crippen LogP contribution in [0.25, 0.3) is 0 Å². The van der Waals surface area contributed by atoms with Crippen LogP contribution in [-0.4, -0.2) is 18.9 Å². The van der Waals surface area contributed by atoms with E-state index in [1.807, 2.05) is 0 Å². The molecule has 0 saturated carbocycles. The fourth-order valence-corrected chi connectivity index (χ4v) is 1.48. The van der Waals surface area contributed by atoms with Crippen LogP contribution in [0.3, 0.4) is 0 Å². The maximum absolute atomic E-state index is 12.8. The Balaban J connectivity index is 3.55. The molecule has 0 atom stereocenters. The third-order valence-electron chi connectivity index (χ3n) is 2.27. The Morgan fingerprint density at radius 1 is 1.23 bits per heavy atom. The third kappa shape index (κ3) is 4.28. The summed E-state index contributed by atoms with van der Waals surface area (Å²) in [6.45, 7) is 1.04. The number of halogens is 6. The molecule has 4 nitrogen and oxygen atoms in total. The molecule has 0 spiro atoms. The van der Waals surface area contributed by atoms with Crippen LogP contribution < -0.4 is 4.74 Å². The molecule has 0 saturated heterocycles. The van der Waals surface area contributed by atoms with Crippen molar-refractivity contribution in [2.24, 2.45) is 0 Å². The van der Waals surface area contributed by atoms with Crippen LogP contribution >= 0.6 is 0 Å². The summed E-state index contributed by atoms with van der Waals surface area (Å²) in [6, 6.07) is 1.40. The van der Waals surface area contributed by atoms with E-state index >= 15 is 0 Å². The Kier molecular flexibility index (Phi) is 4.91. The van der Waals surface area contributed by atoms with Crippen LogP contribution in [0.5, 0.6) is 5.75 Å². The molecular weight excluding hydrogens is 320 g/mol. The van der Waals surface area contributed by atoms with Crippen molar-refractivity contribution in [2.45, 2.75) is 19.5 Å². The van der Waals surface area contributed by atoms with Gasteiger partial charge in [-0.2, -0.15) is 18.4 Å². The molecule has 0 amide bonds. The van der Waals surface area contributed by atoms with Crippen molar-refractivity contribution < 1.29 is 40.6 Å². The number of hydrogen-bond donors (Lipinski definition) is 0. The molecule has 0 aliphatic rings. The zero-order valence-electron chi connectivity index (χ0n) is 10.8. The fraction of sp³-hybridized carbons (Fsp3) is 0.333. The molecule has 0 fully saturated rings. The first-order valence-electron chi connectivity index (χ1n) is 5.57. The molecule has 10 heteroatoms. The van der Waals surface area contributed by atoms with Crippen molar-refractivity contribution in [2.75, 3.05) is 6.61 Å². The van der Waals surface area contributed by atoms with E-state index in [1.165, 1.54) is 6.92 Å². The van der Waals surface area contributed by atoms with Crippen LogP contribution in [0.15, 0.2) is 12.1 Å². The molecule has 1 aromatic rings. The highest BCUT2D eigenvalue weighted by Gasteiger charge is 2.38. The highest BCUT2D eigenvalue weighted by molar-refractivity contribution is 5.93. The van der Waals surface area contributed by atoms with Gasteiger partial charge in [-0.05, 0) is 19.1 Å². The lowest BCUT2D eigenvalue weighted by Crippen LogP contribution is -2.21. The maximum atomic E-state index is 12.8. The quantitative estimate of drug-likeness (QED) is 0.628. The predicted octanol–water partition coefficient (Wildman–Crippen LogP) is 3.65. The Morgan fingerprint density at radius 2 is 1.82 bits per heavy atom. The highest BCUT2D eigenvalue weighted by atomic mass is 19.4. The van der Waals surface area contributed by atoms with Gasteiger partial charge in [0, 0.05) is 0 Å². The number of nitriles is 1. The Bertz CT molecular complexity index is 615. The molecular formula is C12H7F6NO3. The van der Waals surface area contributed by atoms with Crippen LogP contribution in [-0.2, 0) is 10.9 Å². The van der Waals surface area contributed by atoms with Gasteiger partial charge in [-0.3, -0.25) is 0 Å². The first-order chi connectivity index (χ1) is 9.99. The molecule has 0 aliphatic carbocycles. The summed E-state index contributed by atoms with van der Waals surface area (Å²) >= 11 is 0. The van der Waals surface area contributed by atoms with E-state index < -0.39 is 40.9 Å². The molecule has 0 aliphatic heterocycles. The van der Waals surface area contributed by atoms with Gasteiger partial charge in [0.2, 0.25) is 0 Å². The first-order valence-corrected chi connectivity index (χ1v) is 5.57. The Morgan fingerprint density at radius 3 is 2.23 bits per heavy atom. The number of carbonyl (C=O) groups is 1. The standard InChI is InChI=1S/C12H7F6NO3/c1-2-21-10(20)7-4-8(11(13,14)15)6(5-19)3-9(7)22-12(16,17)18/h3-4H,2H2,1H3. The van der Waals surface area contributed by atoms with Gasteiger partial charge in [0.15, 0.2) is 0 Å². The lowest BCUT2D eigenvalue weighted by Gasteiger charge is -2.16. The minimum Gasteiger partial charge on any atom is -0.462 e. The monoisotopic (exact) mass is 327 g/mol. The van der Waals surface area contributed by atoms with Crippen LogP contribution in [0.1, 0.15) is 28.4 Å². The van der Waals surface area contributed by atoms with Crippen LogP contribution in [0, 0.1) is 11.3 Å². The summed E-state index contributed by atoms with van der Waals surface area (Å²) in [5, 5.41) is 8.63. The Hall–Kier alpha value is -2.44. The van der Waals surface area contributed by atoms with Gasteiger partial charge in [0.25, 0.3) is 0 Å². The van der Waals surface area contributed by atoms with Gasteiger partial charge in [-0.25, -0.2) is 4.79 Å². The van der Waals surface area contributed by atoms with E-state index in [0.717, 1.165) is 6.07 Å². The minimum absolute atomic E-state index is 0.0949. The van der Waals surface area contributed by atoms with Crippen molar-refractivity contribution in [3.8, 4) is 11.8 Å². The van der Waals surface area contributed by atoms with Gasteiger partial charge in [0.1, 0.15) is 11.3 Å². The van der Waals surface area contributed by atoms with E-state index in [0.29, 0.717) is 0 Å². The second-order valence-electron chi connectivity index (χ2n) is 3.77. The van der Waals surface area contributed by atoms with Gasteiger partial charge in [0.05, 0.1) is 23.8 Å². The number of alkyl halides is 6. The van der Waals surface area contributed by atoms with E-state index in [2.05, 4.69) is 9.47 Å². The van der Waals surface area contributed by atoms with E-state index in [-0.39, 0.29) is 18.7 Å². The van der Waals surface area contributed by atoms with Crippen molar-refractivity contribution in [3.05, 3.63) is 28.8 Å². The number of carbonyl (C=O) groups excluding carboxylic acids is 1. The first kappa shape index (κ1) is 17.6. The summed E-state index contributed by atoms with van der Waals surface area (Å²) in [5.74, 6) is -2.67. The van der Waals surface area contributed by atoms with Gasteiger partial charge in [-0.1, -0.05) is 0 Å². The summed E-state index contributed by atoms with van der Waals surface area (Å²) in [4.78, 5) is 11.5. The van der Waals surface area contributed by atoms with E-state index in [4.69, 9.17) is 5.26 Å². The number of rotatable bonds is 3. The lowest BCUT2D eigenvalue weighted by atomic mass is 10.0. The molecule has 1 rings (SSSR count). The van der Waals surface area contributed by atoms with Crippen molar-refractivity contribution in [1.29, 1.82) is 5.26 Å². The topological polar surface area (TPSA) is 59.3 Å². The summed E-state index contributed by atoms with van der Waals surface area (Å²) < 4.78 is 83.0. The summed E-state index contributed by atoms with van der Waals surface area (Å²) in [6.07, 6.45) is -10.3. The highest BCUT2D eigenvalue weighted by Crippen LogP contribution is 2.37. The zero-order chi connectivity index (χ0) is 17.1. The predicted molar refractivity (Wildman–Crippen MR) is 58.8 cm³/mol. The molecule has 0 aromatic heterocycles. The number of esters is 1. The van der Waals surface area contributed by atoms with E-state index in [1.54, 1.807) is 0 Å². The third-order valence-corrected chi connectivity index (χ3v) is 2.27. The van der Waals surface area contributed by atoms with Gasteiger partial charge >= 0.3 is 18.5 Å². The number of hydrogen-bond acceptors (Lipinski definition) is 4. The zero-order valence-corrected chi connectivity index (χ0v) is 10.8. The molecule has 0 unspecified atom stereocenters. The molecule has 0 heterocycles. The van der Waals surface area contributed by atoms with Crippen molar-refractivity contribution in [3.63, 3.8) is 0 Å². The molecule has 0 N–H and O–H groups in total. The second-order valence-corrected chi connectivity index (χ2v) is 3.77. The molecule has 0 radical (unpaired) electrons. The Labute approximate surface area is 119 Å². The van der Waals surface area contributed by atoms with Gasteiger partial charge in [-0.15, -0.1) is 13.2 Å². The van der Waals surface area contributed by atoms with Gasteiger partial charge < -0.3 is 9.47 Å². The molecule has 120 valence electrons. The largest absolute Gasteiger partial charge is 0.573 e. The molecule has 1 aromatic carbocycles. The fourth-order valence-electron chi connectivity index (χ4n) is 1.48. The summed E-state index contributed by atoms with van der Waals surface area (Å²) in [7, 11) is 0. The molecule has 0 bridgehead atoms. The average molecular weight is 327 g/mol. The summed E-state index contributed by atoms with van der Waals surface area (Å²) in [5.41, 5.74) is -3.75. The second kappa shape index (κ2) is 6.13. The smallest absolute Gasteiger partial charge is 0.462 e. The maximum Gasteiger partial charge on any atom is 0.573 e. The van der Waals surface area contributed by atoms with E-state index in [9.17, 15) is 31.1 Å². The SMILES string of the molecule is CCOC(=O)c1cc(C(F)(F)F)c(C#N)cc1OC(F)(F)F.